The number of hydrogen-bond acceptors (Lipinski definition) is 4. The number of ether oxygens (including phenoxy) is 1. The second kappa shape index (κ2) is 9.41. The number of nitrogens with one attached hydrogen (secondary N) is 1. The number of nitrogens with zero attached hydrogens (tertiary/aromatic N) is 1. The maximum Gasteiger partial charge on any atom is 0.435 e. The van der Waals surface area contributed by atoms with E-state index < -0.39 is 51.3 Å². The van der Waals surface area contributed by atoms with Gasteiger partial charge < -0.3 is 14.9 Å². The predicted molar refractivity (Wildman–Crippen MR) is 128 cm³/mol. The normalized spacial score (nSPS) is 19.5. The molecule has 1 amide bonds. The van der Waals surface area contributed by atoms with Crippen LogP contribution >= 0.6 is 23.2 Å². The van der Waals surface area contributed by atoms with Gasteiger partial charge >= 0.3 is 12.3 Å². The number of amides is 1. The number of alkyl carbamates (subject to hydrolysis) is 1. The number of hydrogen-bond donors (Lipinski definition) is 1. The van der Waals surface area contributed by atoms with Crippen molar-refractivity contribution >= 4 is 35.0 Å². The fourth-order valence-electron chi connectivity index (χ4n) is 4.53. The van der Waals surface area contributed by atoms with Crippen LogP contribution in [0.2, 0.25) is 10.0 Å². The molecule has 2 aliphatic rings. The molecule has 11 heteroatoms. The number of carbonyl (C=O) groups is 1. The van der Waals surface area contributed by atoms with E-state index in [9.17, 15) is 22.4 Å². The SMILES string of the molecule is CC(C)(C)OC(=O)NCc1ccc(C2=NO[C@@](c3cc(Cl)c(F)c(Cl)c3)(C(F)(F)F)C2)c2c1CCC2. The fraction of sp³-hybridized carbons (Fsp3) is 0.440. The first-order valence-electron chi connectivity index (χ1n) is 11.3. The molecule has 194 valence electrons. The standard InChI is InChI=1S/C25H24Cl2F4N2O3/c1-23(2,3)35-22(34)32-12-13-7-8-17(16-6-4-5-15(13)16)20-11-24(36-33-20,25(29,30)31)14-9-18(26)21(28)19(27)10-14/h7-10H,4-6,11-12H2,1-3H3,(H,32,34)/t24-/m0/s1. The average Bonchev–Trinajstić information content (AvgIpc) is 3.42. The molecule has 1 atom stereocenters. The van der Waals surface area contributed by atoms with Gasteiger partial charge in [-0.25, -0.2) is 9.18 Å². The maximum atomic E-state index is 14.4. The second-order valence-corrected chi connectivity index (χ2v) is 10.6. The summed E-state index contributed by atoms with van der Waals surface area (Å²) in [5, 5.41) is 5.47. The summed E-state index contributed by atoms with van der Waals surface area (Å²) in [6, 6.07) is 5.18. The Morgan fingerprint density at radius 2 is 1.78 bits per heavy atom. The molecule has 0 unspecified atom stereocenters. The highest BCUT2D eigenvalue weighted by Crippen LogP contribution is 2.50. The number of benzene rings is 2. The molecular weight excluding hydrogens is 523 g/mol. The Balaban J connectivity index is 1.63. The van der Waals surface area contributed by atoms with Crippen LogP contribution in [-0.4, -0.2) is 23.6 Å². The Labute approximate surface area is 215 Å². The summed E-state index contributed by atoms with van der Waals surface area (Å²) >= 11 is 11.6. The van der Waals surface area contributed by atoms with Crippen molar-refractivity contribution in [1.29, 1.82) is 0 Å². The van der Waals surface area contributed by atoms with Crippen molar-refractivity contribution < 1.29 is 31.9 Å². The van der Waals surface area contributed by atoms with Crippen LogP contribution in [0.3, 0.4) is 0 Å². The molecule has 0 fully saturated rings. The van der Waals surface area contributed by atoms with Crippen molar-refractivity contribution in [3.8, 4) is 0 Å². The van der Waals surface area contributed by atoms with Gasteiger partial charge in [-0.05, 0) is 68.9 Å². The van der Waals surface area contributed by atoms with E-state index in [0.717, 1.165) is 41.7 Å². The molecule has 2 aromatic rings. The summed E-state index contributed by atoms with van der Waals surface area (Å²) in [5.74, 6) is -1.01. The van der Waals surface area contributed by atoms with Gasteiger partial charge in [0.1, 0.15) is 5.60 Å². The Morgan fingerprint density at radius 3 is 2.39 bits per heavy atom. The van der Waals surface area contributed by atoms with E-state index in [0.29, 0.717) is 12.0 Å². The first kappa shape index (κ1) is 26.5. The highest BCUT2D eigenvalue weighted by atomic mass is 35.5. The smallest absolute Gasteiger partial charge is 0.435 e. The summed E-state index contributed by atoms with van der Waals surface area (Å²) in [6.07, 6.45) is -3.89. The van der Waals surface area contributed by atoms with Crippen molar-refractivity contribution in [2.24, 2.45) is 5.16 Å². The van der Waals surface area contributed by atoms with Gasteiger partial charge in [-0.2, -0.15) is 13.2 Å². The minimum absolute atomic E-state index is 0.119. The van der Waals surface area contributed by atoms with E-state index in [1.165, 1.54) is 0 Å². The van der Waals surface area contributed by atoms with Crippen LogP contribution in [0.1, 0.15) is 61.4 Å². The Kier molecular flexibility index (Phi) is 6.94. The number of rotatable bonds is 4. The van der Waals surface area contributed by atoms with Gasteiger partial charge in [-0.3, -0.25) is 0 Å². The molecule has 0 saturated carbocycles. The second-order valence-electron chi connectivity index (χ2n) is 9.82. The minimum atomic E-state index is -4.89. The topological polar surface area (TPSA) is 59.9 Å². The zero-order chi connectivity index (χ0) is 26.5. The summed E-state index contributed by atoms with van der Waals surface area (Å²) in [4.78, 5) is 17.1. The van der Waals surface area contributed by atoms with E-state index in [4.69, 9.17) is 32.8 Å². The highest BCUT2D eigenvalue weighted by Gasteiger charge is 2.62. The molecule has 0 saturated heterocycles. The van der Waals surface area contributed by atoms with Crippen LogP contribution in [-0.2, 0) is 34.6 Å². The zero-order valence-corrected chi connectivity index (χ0v) is 21.3. The van der Waals surface area contributed by atoms with Gasteiger partial charge in [-0.15, -0.1) is 0 Å². The quantitative estimate of drug-likeness (QED) is 0.325. The third-order valence-electron chi connectivity index (χ3n) is 6.15. The van der Waals surface area contributed by atoms with Gasteiger partial charge in [0.25, 0.3) is 5.60 Å². The van der Waals surface area contributed by atoms with Crippen molar-refractivity contribution in [2.45, 2.75) is 70.4 Å². The molecule has 5 nitrogen and oxygen atoms in total. The highest BCUT2D eigenvalue weighted by molar-refractivity contribution is 6.35. The molecule has 36 heavy (non-hydrogen) atoms. The van der Waals surface area contributed by atoms with Crippen molar-refractivity contribution in [3.63, 3.8) is 0 Å². The van der Waals surface area contributed by atoms with E-state index in [2.05, 4.69) is 10.5 Å². The van der Waals surface area contributed by atoms with Gasteiger partial charge in [0.15, 0.2) is 5.82 Å². The Morgan fingerprint density at radius 1 is 1.14 bits per heavy atom. The summed E-state index contributed by atoms with van der Waals surface area (Å²) in [5.41, 5.74) is -0.567. The van der Waals surface area contributed by atoms with Crippen LogP contribution in [0.15, 0.2) is 29.4 Å². The lowest BCUT2D eigenvalue weighted by molar-refractivity contribution is -0.275. The molecular formula is C25H24Cl2F4N2O3. The molecule has 1 aliphatic heterocycles. The van der Waals surface area contributed by atoms with Gasteiger partial charge in [0.05, 0.1) is 15.8 Å². The van der Waals surface area contributed by atoms with Crippen LogP contribution < -0.4 is 5.32 Å². The van der Waals surface area contributed by atoms with Crippen LogP contribution in [0.5, 0.6) is 0 Å². The zero-order valence-electron chi connectivity index (χ0n) is 19.8. The molecule has 2 aromatic carbocycles. The van der Waals surface area contributed by atoms with E-state index in [-0.39, 0.29) is 12.3 Å². The van der Waals surface area contributed by atoms with E-state index >= 15 is 0 Å². The lowest BCUT2D eigenvalue weighted by Crippen LogP contribution is -2.42. The third-order valence-corrected chi connectivity index (χ3v) is 6.70. The van der Waals surface area contributed by atoms with Gasteiger partial charge in [-0.1, -0.05) is 40.5 Å². The van der Waals surface area contributed by atoms with Gasteiger partial charge in [0.2, 0.25) is 0 Å². The van der Waals surface area contributed by atoms with Crippen molar-refractivity contribution in [1.82, 2.24) is 5.32 Å². The number of fused-ring (bicyclic) bond motifs is 1. The fourth-order valence-corrected chi connectivity index (χ4v) is 5.02. The maximum absolute atomic E-state index is 14.4. The number of halogens is 6. The Hall–Kier alpha value is -2.52. The van der Waals surface area contributed by atoms with Crippen LogP contribution in [0.25, 0.3) is 0 Å². The molecule has 1 heterocycles. The molecule has 1 N–H and O–H groups in total. The first-order valence-corrected chi connectivity index (χ1v) is 12.0. The van der Waals surface area contributed by atoms with Crippen LogP contribution in [0.4, 0.5) is 22.4 Å². The summed E-state index contributed by atoms with van der Waals surface area (Å²) < 4.78 is 62.2. The molecule has 1 aliphatic carbocycles. The third kappa shape index (κ3) is 5.00. The van der Waals surface area contributed by atoms with E-state index in [1.807, 2.05) is 0 Å². The lowest BCUT2D eigenvalue weighted by Gasteiger charge is -2.30. The molecule has 0 radical (unpaired) electrons. The molecule has 4 rings (SSSR count). The molecule has 0 aromatic heterocycles. The monoisotopic (exact) mass is 546 g/mol. The summed E-state index contributed by atoms with van der Waals surface area (Å²) in [6.45, 7) is 5.51. The average molecular weight is 547 g/mol. The summed E-state index contributed by atoms with van der Waals surface area (Å²) in [7, 11) is 0. The van der Waals surface area contributed by atoms with E-state index in [1.54, 1.807) is 32.9 Å². The first-order chi connectivity index (χ1) is 16.7. The largest absolute Gasteiger partial charge is 0.444 e. The molecule has 0 bridgehead atoms. The van der Waals surface area contributed by atoms with Gasteiger partial charge in [0, 0.05) is 24.1 Å². The number of alkyl halides is 3. The van der Waals surface area contributed by atoms with Crippen molar-refractivity contribution in [3.05, 3.63) is 67.9 Å². The lowest BCUT2D eigenvalue weighted by atomic mass is 9.84. The predicted octanol–water partition coefficient (Wildman–Crippen LogP) is 7.23. The minimum Gasteiger partial charge on any atom is -0.444 e. The Bertz CT molecular complexity index is 1220. The van der Waals surface area contributed by atoms with Crippen molar-refractivity contribution in [2.75, 3.05) is 0 Å². The number of oxime groups is 1. The van der Waals surface area contributed by atoms with Crippen LogP contribution in [0, 0.1) is 5.82 Å². The molecule has 0 spiro atoms. The number of carbonyl (C=O) groups excluding carboxylic acids is 1.